The Kier molecular flexibility index (Phi) is 4.51. The zero-order valence-electron chi connectivity index (χ0n) is 11.0. The summed E-state index contributed by atoms with van der Waals surface area (Å²) in [4.78, 5) is 11.1. The van der Waals surface area contributed by atoms with E-state index in [1.54, 1.807) is 0 Å². The third-order valence-electron chi connectivity index (χ3n) is 3.52. The second-order valence-corrected chi connectivity index (χ2v) is 7.65. The molecule has 0 bridgehead atoms. The van der Waals surface area contributed by atoms with E-state index in [4.69, 9.17) is 5.11 Å². The molecule has 0 saturated carbocycles. The van der Waals surface area contributed by atoms with Crippen molar-refractivity contribution in [3.8, 4) is 0 Å². The molecule has 1 atom stereocenters. The van der Waals surface area contributed by atoms with Crippen LogP contribution in [0.25, 0.3) is 0 Å². The van der Waals surface area contributed by atoms with Gasteiger partial charge in [-0.1, -0.05) is 6.42 Å². The van der Waals surface area contributed by atoms with Crippen molar-refractivity contribution in [2.75, 3.05) is 6.54 Å². The number of carboxylic acids is 1. The molecule has 1 saturated heterocycles. The number of hydrogen-bond acceptors (Lipinski definition) is 3. The van der Waals surface area contributed by atoms with Crippen LogP contribution in [0.1, 0.15) is 36.5 Å². The summed E-state index contributed by atoms with van der Waals surface area (Å²) >= 11 is 3.12. The molecular formula is C13H16BrNO4S. The molecule has 7 heteroatoms. The van der Waals surface area contributed by atoms with Crippen LogP contribution in [0.2, 0.25) is 0 Å². The van der Waals surface area contributed by atoms with Crippen LogP contribution >= 0.6 is 15.9 Å². The lowest BCUT2D eigenvalue weighted by Crippen LogP contribution is -2.41. The van der Waals surface area contributed by atoms with Crippen LogP contribution in [0.4, 0.5) is 0 Å². The van der Waals surface area contributed by atoms with E-state index in [0.29, 0.717) is 11.0 Å². The number of sulfonamides is 1. The van der Waals surface area contributed by atoms with Crippen LogP contribution in [-0.4, -0.2) is 36.4 Å². The van der Waals surface area contributed by atoms with Gasteiger partial charge in [-0.05, 0) is 53.9 Å². The number of rotatable bonds is 3. The maximum Gasteiger partial charge on any atom is 0.336 e. The van der Waals surface area contributed by atoms with Gasteiger partial charge in [0.25, 0.3) is 0 Å². The Balaban J connectivity index is 2.44. The first-order valence-electron chi connectivity index (χ1n) is 6.38. The summed E-state index contributed by atoms with van der Waals surface area (Å²) < 4.78 is 27.0. The fourth-order valence-corrected chi connectivity index (χ4v) is 4.54. The Hall–Kier alpha value is -0.920. The van der Waals surface area contributed by atoms with Crippen molar-refractivity contribution in [3.63, 3.8) is 0 Å². The Morgan fingerprint density at radius 2 is 2.10 bits per heavy atom. The van der Waals surface area contributed by atoms with E-state index < -0.39 is 16.0 Å². The van der Waals surface area contributed by atoms with Crippen molar-refractivity contribution in [2.24, 2.45) is 0 Å². The molecule has 0 aromatic heterocycles. The average molecular weight is 362 g/mol. The number of piperidine rings is 1. The van der Waals surface area contributed by atoms with Crippen LogP contribution < -0.4 is 0 Å². The molecule has 0 unspecified atom stereocenters. The van der Waals surface area contributed by atoms with Crippen LogP contribution in [-0.2, 0) is 10.0 Å². The lowest BCUT2D eigenvalue weighted by molar-refractivity contribution is 0.0695. The monoisotopic (exact) mass is 361 g/mol. The Morgan fingerprint density at radius 1 is 1.40 bits per heavy atom. The molecule has 1 fully saturated rings. The summed E-state index contributed by atoms with van der Waals surface area (Å²) in [5.74, 6) is -1.15. The minimum Gasteiger partial charge on any atom is -0.478 e. The quantitative estimate of drug-likeness (QED) is 0.897. The number of aromatic carboxylic acids is 1. The van der Waals surface area contributed by atoms with Gasteiger partial charge in [-0.15, -0.1) is 0 Å². The zero-order chi connectivity index (χ0) is 14.9. The first-order chi connectivity index (χ1) is 9.34. The molecule has 1 heterocycles. The Bertz CT molecular complexity index is 629. The molecule has 2 rings (SSSR count). The van der Waals surface area contributed by atoms with E-state index >= 15 is 0 Å². The highest BCUT2D eigenvalue weighted by atomic mass is 79.9. The molecule has 1 aromatic carbocycles. The standard InChI is InChI=1S/C13H16BrNO4S/c1-9-4-2-3-7-15(9)20(18,19)10-5-6-12(14)11(8-10)13(16)17/h5-6,8-9H,2-4,7H2,1H3,(H,16,17)/t9-/m0/s1. The van der Waals surface area contributed by atoms with Crippen molar-refractivity contribution in [1.29, 1.82) is 0 Å². The average Bonchev–Trinajstić information content (AvgIpc) is 2.38. The van der Waals surface area contributed by atoms with Gasteiger partial charge in [-0.2, -0.15) is 4.31 Å². The van der Waals surface area contributed by atoms with Gasteiger partial charge in [0, 0.05) is 17.1 Å². The molecule has 1 aliphatic heterocycles. The molecule has 1 N–H and O–H groups in total. The minimum atomic E-state index is -3.63. The molecule has 1 aromatic rings. The smallest absolute Gasteiger partial charge is 0.336 e. The van der Waals surface area contributed by atoms with Crippen molar-refractivity contribution in [3.05, 3.63) is 28.2 Å². The highest BCUT2D eigenvalue weighted by Gasteiger charge is 2.31. The maximum atomic E-state index is 12.6. The van der Waals surface area contributed by atoms with Crippen LogP contribution in [0, 0.1) is 0 Å². The Labute approximate surface area is 126 Å². The maximum absolute atomic E-state index is 12.6. The molecule has 110 valence electrons. The third kappa shape index (κ3) is 2.89. The van der Waals surface area contributed by atoms with Gasteiger partial charge in [0.05, 0.1) is 10.5 Å². The Morgan fingerprint density at radius 3 is 2.70 bits per heavy atom. The topological polar surface area (TPSA) is 74.7 Å². The van der Waals surface area contributed by atoms with Crippen molar-refractivity contribution >= 4 is 31.9 Å². The molecule has 20 heavy (non-hydrogen) atoms. The van der Waals surface area contributed by atoms with E-state index in [9.17, 15) is 13.2 Å². The number of carboxylic acid groups (broad SMARTS) is 1. The second kappa shape index (κ2) is 5.83. The molecular weight excluding hydrogens is 346 g/mol. The van der Waals surface area contributed by atoms with E-state index in [1.165, 1.54) is 22.5 Å². The lowest BCUT2D eigenvalue weighted by atomic mass is 10.1. The predicted octanol–water partition coefficient (Wildman–Crippen LogP) is 2.71. The van der Waals surface area contributed by atoms with Gasteiger partial charge in [0.1, 0.15) is 0 Å². The van der Waals surface area contributed by atoms with E-state index in [2.05, 4.69) is 15.9 Å². The number of halogens is 1. The fraction of sp³-hybridized carbons (Fsp3) is 0.462. The molecule has 5 nitrogen and oxygen atoms in total. The first kappa shape index (κ1) is 15.5. The summed E-state index contributed by atoms with van der Waals surface area (Å²) in [6, 6.07) is 4.06. The second-order valence-electron chi connectivity index (χ2n) is 4.91. The SMILES string of the molecule is C[C@H]1CCCCN1S(=O)(=O)c1ccc(Br)c(C(=O)O)c1. The summed E-state index contributed by atoms with van der Waals surface area (Å²) in [5, 5.41) is 9.08. The van der Waals surface area contributed by atoms with Crippen molar-refractivity contribution in [2.45, 2.75) is 37.1 Å². The van der Waals surface area contributed by atoms with Crippen LogP contribution in [0.5, 0.6) is 0 Å². The van der Waals surface area contributed by atoms with E-state index in [-0.39, 0.29) is 16.5 Å². The normalized spacial score (nSPS) is 20.8. The first-order valence-corrected chi connectivity index (χ1v) is 8.62. The number of carbonyl (C=O) groups is 1. The van der Waals surface area contributed by atoms with Gasteiger partial charge >= 0.3 is 5.97 Å². The molecule has 0 spiro atoms. The van der Waals surface area contributed by atoms with E-state index in [1.807, 2.05) is 6.92 Å². The summed E-state index contributed by atoms with van der Waals surface area (Å²) in [6.45, 7) is 2.37. The molecule has 0 radical (unpaired) electrons. The van der Waals surface area contributed by atoms with Gasteiger partial charge in [-0.3, -0.25) is 0 Å². The van der Waals surface area contributed by atoms with E-state index in [0.717, 1.165) is 19.3 Å². The molecule has 1 aliphatic rings. The fourth-order valence-electron chi connectivity index (χ4n) is 2.39. The summed E-state index contributed by atoms with van der Waals surface area (Å²) in [6.07, 6.45) is 2.70. The summed E-state index contributed by atoms with van der Waals surface area (Å²) in [5.41, 5.74) is -0.0456. The van der Waals surface area contributed by atoms with Gasteiger partial charge < -0.3 is 5.11 Å². The van der Waals surface area contributed by atoms with Crippen LogP contribution in [0.15, 0.2) is 27.6 Å². The largest absolute Gasteiger partial charge is 0.478 e. The number of hydrogen-bond donors (Lipinski definition) is 1. The van der Waals surface area contributed by atoms with Crippen molar-refractivity contribution < 1.29 is 18.3 Å². The van der Waals surface area contributed by atoms with Gasteiger partial charge in [-0.25, -0.2) is 13.2 Å². The third-order valence-corrected chi connectivity index (χ3v) is 6.22. The number of nitrogens with zero attached hydrogens (tertiary/aromatic N) is 1. The van der Waals surface area contributed by atoms with Crippen molar-refractivity contribution in [1.82, 2.24) is 4.31 Å². The highest BCUT2D eigenvalue weighted by molar-refractivity contribution is 9.10. The van der Waals surface area contributed by atoms with Gasteiger partial charge in [0.15, 0.2) is 0 Å². The van der Waals surface area contributed by atoms with Crippen LogP contribution in [0.3, 0.4) is 0 Å². The zero-order valence-corrected chi connectivity index (χ0v) is 13.4. The highest BCUT2D eigenvalue weighted by Crippen LogP contribution is 2.27. The lowest BCUT2D eigenvalue weighted by Gasteiger charge is -2.32. The molecule has 0 aliphatic carbocycles. The minimum absolute atomic E-state index is 0.0341. The predicted molar refractivity (Wildman–Crippen MR) is 78.3 cm³/mol. The summed E-state index contributed by atoms with van der Waals surface area (Å²) in [7, 11) is -3.63. The molecule has 0 amide bonds. The number of benzene rings is 1. The van der Waals surface area contributed by atoms with Gasteiger partial charge in [0.2, 0.25) is 10.0 Å².